The van der Waals surface area contributed by atoms with Gasteiger partial charge in [0, 0.05) is 0 Å². The molecule has 0 N–H and O–H groups in total. The number of allylic oxidation sites excluding steroid dienone is 2. The van der Waals surface area contributed by atoms with Gasteiger partial charge in [0.05, 0.1) is 0 Å². The van der Waals surface area contributed by atoms with E-state index in [1.165, 1.54) is 5.56 Å². The summed E-state index contributed by atoms with van der Waals surface area (Å²) in [7, 11) is 0. The highest BCUT2D eigenvalue weighted by Gasteiger charge is 1.95. The van der Waals surface area contributed by atoms with Gasteiger partial charge in [0.1, 0.15) is 12.4 Å². The summed E-state index contributed by atoms with van der Waals surface area (Å²) in [4.78, 5) is 0. The molecule has 0 unspecified atom stereocenters. The molecular formula is C18H18O. The number of hydrogen-bond donors (Lipinski definition) is 0. The van der Waals surface area contributed by atoms with E-state index in [2.05, 4.69) is 18.7 Å². The van der Waals surface area contributed by atoms with Crippen molar-refractivity contribution >= 4 is 6.08 Å². The lowest BCUT2D eigenvalue weighted by Gasteiger charge is -2.06. The third-order valence-corrected chi connectivity index (χ3v) is 2.69. The Labute approximate surface area is 114 Å². The highest BCUT2D eigenvalue weighted by atomic mass is 16.5. The summed E-state index contributed by atoms with van der Waals surface area (Å²) in [6, 6.07) is 18.2. The average Bonchev–Trinajstić information content (AvgIpc) is 2.45. The van der Waals surface area contributed by atoms with E-state index >= 15 is 0 Å². The van der Waals surface area contributed by atoms with Crippen LogP contribution < -0.4 is 4.74 Å². The van der Waals surface area contributed by atoms with Crippen molar-refractivity contribution < 1.29 is 4.74 Å². The van der Waals surface area contributed by atoms with E-state index in [9.17, 15) is 0 Å². The molecule has 0 aliphatic carbocycles. The quantitative estimate of drug-likeness (QED) is 0.689. The lowest BCUT2D eigenvalue weighted by Crippen LogP contribution is -1.94. The smallest absolute Gasteiger partial charge is 0.119 e. The molecule has 1 nitrogen and oxygen atoms in total. The summed E-state index contributed by atoms with van der Waals surface area (Å²) in [6.07, 6.45) is 4.04. The minimum Gasteiger partial charge on any atom is -0.489 e. The van der Waals surface area contributed by atoms with Gasteiger partial charge in [-0.15, -0.1) is 0 Å². The van der Waals surface area contributed by atoms with Gasteiger partial charge in [0.2, 0.25) is 0 Å². The van der Waals surface area contributed by atoms with Crippen LogP contribution >= 0.6 is 0 Å². The summed E-state index contributed by atoms with van der Waals surface area (Å²) >= 11 is 0. The third-order valence-electron chi connectivity index (χ3n) is 2.69. The van der Waals surface area contributed by atoms with Crippen LogP contribution in [0.1, 0.15) is 18.1 Å². The van der Waals surface area contributed by atoms with Crippen molar-refractivity contribution in [1.29, 1.82) is 0 Å². The molecule has 2 aromatic rings. The molecule has 2 aromatic carbocycles. The van der Waals surface area contributed by atoms with Gasteiger partial charge in [0.25, 0.3) is 0 Å². The molecule has 0 bridgehead atoms. The molecule has 0 saturated carbocycles. The molecule has 0 aliphatic rings. The Morgan fingerprint density at radius 3 is 2.37 bits per heavy atom. The van der Waals surface area contributed by atoms with Gasteiger partial charge < -0.3 is 4.74 Å². The normalized spacial score (nSPS) is 10.6. The molecule has 0 atom stereocenters. The first kappa shape index (κ1) is 13.2. The molecule has 0 radical (unpaired) electrons. The summed E-state index contributed by atoms with van der Waals surface area (Å²) in [5, 5.41) is 0. The van der Waals surface area contributed by atoms with Crippen molar-refractivity contribution in [1.82, 2.24) is 0 Å². The number of benzene rings is 2. The van der Waals surface area contributed by atoms with E-state index in [0.29, 0.717) is 6.61 Å². The largest absolute Gasteiger partial charge is 0.489 e. The predicted molar refractivity (Wildman–Crippen MR) is 81.1 cm³/mol. The Kier molecular flexibility index (Phi) is 4.57. The van der Waals surface area contributed by atoms with Crippen molar-refractivity contribution in [2.75, 3.05) is 0 Å². The van der Waals surface area contributed by atoms with Crippen LogP contribution in [0.3, 0.4) is 0 Å². The van der Waals surface area contributed by atoms with Crippen molar-refractivity contribution in [3.63, 3.8) is 0 Å². The first-order valence-electron chi connectivity index (χ1n) is 6.34. The molecule has 0 saturated heterocycles. The number of ether oxygens (including phenoxy) is 1. The van der Waals surface area contributed by atoms with E-state index in [-0.39, 0.29) is 0 Å². The Balaban J connectivity index is 1.94. The van der Waals surface area contributed by atoms with E-state index in [0.717, 1.165) is 16.9 Å². The summed E-state index contributed by atoms with van der Waals surface area (Å²) in [5.41, 5.74) is 3.37. The molecule has 0 spiro atoms. The maximum absolute atomic E-state index is 5.73. The zero-order valence-electron chi connectivity index (χ0n) is 11.2. The third kappa shape index (κ3) is 4.47. The van der Waals surface area contributed by atoms with E-state index in [4.69, 9.17) is 4.74 Å². The molecule has 2 rings (SSSR count). The first-order chi connectivity index (χ1) is 9.24. The molecule has 0 aromatic heterocycles. The van der Waals surface area contributed by atoms with Crippen LogP contribution in [0, 0.1) is 0 Å². The Hall–Kier alpha value is -2.28. The molecule has 96 valence electrons. The lowest BCUT2D eigenvalue weighted by atomic mass is 10.2. The van der Waals surface area contributed by atoms with E-state index < -0.39 is 0 Å². The molecule has 0 heterocycles. The maximum Gasteiger partial charge on any atom is 0.119 e. The minimum atomic E-state index is 0.599. The van der Waals surface area contributed by atoms with Gasteiger partial charge in [-0.3, -0.25) is 0 Å². The highest BCUT2D eigenvalue weighted by molar-refractivity contribution is 5.53. The van der Waals surface area contributed by atoms with Crippen LogP contribution in [-0.2, 0) is 6.61 Å². The Bertz CT molecular complexity index is 550. The highest BCUT2D eigenvalue weighted by Crippen LogP contribution is 2.15. The van der Waals surface area contributed by atoms with Crippen LogP contribution in [0.5, 0.6) is 5.75 Å². The van der Waals surface area contributed by atoms with Gasteiger partial charge >= 0.3 is 0 Å². The van der Waals surface area contributed by atoms with Crippen LogP contribution in [0.4, 0.5) is 0 Å². The second-order valence-electron chi connectivity index (χ2n) is 4.52. The fraction of sp³-hybridized carbons (Fsp3) is 0.111. The average molecular weight is 250 g/mol. The first-order valence-corrected chi connectivity index (χ1v) is 6.34. The predicted octanol–water partition coefficient (Wildman–Crippen LogP) is 4.85. The van der Waals surface area contributed by atoms with Gasteiger partial charge in [-0.05, 0) is 30.2 Å². The lowest BCUT2D eigenvalue weighted by molar-refractivity contribution is 0.306. The monoisotopic (exact) mass is 250 g/mol. The molecule has 0 amide bonds. The van der Waals surface area contributed by atoms with Crippen LogP contribution in [0.15, 0.2) is 72.8 Å². The van der Waals surface area contributed by atoms with Crippen molar-refractivity contribution in [2.45, 2.75) is 13.5 Å². The topological polar surface area (TPSA) is 9.23 Å². The molecule has 0 aliphatic heterocycles. The van der Waals surface area contributed by atoms with Crippen LogP contribution in [-0.4, -0.2) is 0 Å². The van der Waals surface area contributed by atoms with E-state index in [1.807, 2.05) is 61.5 Å². The molecule has 1 heteroatoms. The summed E-state index contributed by atoms with van der Waals surface area (Å²) < 4.78 is 5.73. The summed E-state index contributed by atoms with van der Waals surface area (Å²) in [6.45, 7) is 6.42. The fourth-order valence-electron chi connectivity index (χ4n) is 1.65. The summed E-state index contributed by atoms with van der Waals surface area (Å²) in [5.74, 6) is 0.885. The maximum atomic E-state index is 5.73. The van der Waals surface area contributed by atoms with Crippen LogP contribution in [0.2, 0.25) is 0 Å². The zero-order chi connectivity index (χ0) is 13.5. The van der Waals surface area contributed by atoms with Crippen LogP contribution in [0.25, 0.3) is 6.08 Å². The van der Waals surface area contributed by atoms with Gasteiger partial charge in [-0.2, -0.15) is 0 Å². The second-order valence-corrected chi connectivity index (χ2v) is 4.52. The van der Waals surface area contributed by atoms with Crippen molar-refractivity contribution in [3.05, 3.63) is 84.0 Å². The minimum absolute atomic E-state index is 0.599. The number of hydrogen-bond acceptors (Lipinski definition) is 1. The van der Waals surface area contributed by atoms with Crippen molar-refractivity contribution in [3.8, 4) is 5.75 Å². The van der Waals surface area contributed by atoms with Gasteiger partial charge in [-0.25, -0.2) is 0 Å². The SMILES string of the molecule is C=C(C)/C=C/c1ccc(OCc2ccccc2)cc1. The van der Waals surface area contributed by atoms with Gasteiger partial charge in [0.15, 0.2) is 0 Å². The Morgan fingerprint density at radius 2 is 1.74 bits per heavy atom. The number of rotatable bonds is 5. The molecule has 0 fully saturated rings. The van der Waals surface area contributed by atoms with Gasteiger partial charge in [-0.1, -0.05) is 66.8 Å². The molecular weight excluding hydrogens is 232 g/mol. The Morgan fingerprint density at radius 1 is 1.05 bits per heavy atom. The van der Waals surface area contributed by atoms with Crippen molar-refractivity contribution in [2.24, 2.45) is 0 Å². The second kappa shape index (κ2) is 6.60. The zero-order valence-corrected chi connectivity index (χ0v) is 11.2. The molecule has 19 heavy (non-hydrogen) atoms. The fourth-order valence-corrected chi connectivity index (χ4v) is 1.65. The van der Waals surface area contributed by atoms with E-state index in [1.54, 1.807) is 0 Å². The standard InChI is InChI=1S/C18H18O/c1-15(2)8-9-16-10-12-18(13-11-16)19-14-17-6-4-3-5-7-17/h3-13H,1,14H2,2H3/b9-8+.